The summed E-state index contributed by atoms with van der Waals surface area (Å²) in [5.41, 5.74) is 0.128. The van der Waals surface area contributed by atoms with Gasteiger partial charge in [-0.15, -0.1) is 0 Å². The van der Waals surface area contributed by atoms with E-state index in [1.54, 1.807) is 12.1 Å². The average Bonchev–Trinajstić information content (AvgIpc) is 2.76. The molecule has 1 aliphatic rings. The van der Waals surface area contributed by atoms with Crippen LogP contribution >= 0.6 is 23.2 Å². The maximum atomic E-state index is 12.9. The van der Waals surface area contributed by atoms with Crippen LogP contribution in [0.1, 0.15) is 36.5 Å². The summed E-state index contributed by atoms with van der Waals surface area (Å²) in [7, 11) is -3.76. The largest absolute Gasteiger partial charge is 0.449 e. The van der Waals surface area contributed by atoms with Crippen molar-refractivity contribution in [2.75, 3.05) is 18.4 Å². The van der Waals surface area contributed by atoms with Gasteiger partial charge in [0.15, 0.2) is 11.3 Å². The molecule has 1 aromatic carbocycles. The number of carbonyl (C=O) groups excluding carboxylic acids is 2. The van der Waals surface area contributed by atoms with Crippen molar-refractivity contribution in [2.24, 2.45) is 0 Å². The number of sulfonamides is 1. The number of amides is 1. The molecule has 1 saturated heterocycles. The van der Waals surface area contributed by atoms with Crippen LogP contribution in [0.4, 0.5) is 5.69 Å². The summed E-state index contributed by atoms with van der Waals surface area (Å²) < 4.78 is 32.4. The fourth-order valence-corrected chi connectivity index (χ4v) is 4.97. The van der Waals surface area contributed by atoms with Crippen LogP contribution in [0.2, 0.25) is 10.2 Å². The molecule has 1 aromatic heterocycles. The second-order valence-electron chi connectivity index (χ2n) is 6.98. The van der Waals surface area contributed by atoms with Crippen molar-refractivity contribution < 1.29 is 22.7 Å². The second kappa shape index (κ2) is 9.95. The molecule has 1 amide bonds. The Morgan fingerprint density at radius 3 is 2.55 bits per heavy atom. The molecule has 0 spiro atoms. The lowest BCUT2D eigenvalue weighted by atomic mass is 10.2. The number of nitrogens with zero attached hydrogens (tertiary/aromatic N) is 2. The molecule has 1 fully saturated rings. The van der Waals surface area contributed by atoms with Crippen molar-refractivity contribution in [1.82, 2.24) is 9.29 Å². The van der Waals surface area contributed by atoms with Gasteiger partial charge in [0.05, 0.1) is 21.2 Å². The molecule has 2 heterocycles. The quantitative estimate of drug-likeness (QED) is 0.493. The second-order valence-corrected chi connectivity index (χ2v) is 9.69. The zero-order chi connectivity index (χ0) is 22.6. The summed E-state index contributed by atoms with van der Waals surface area (Å²) in [5.74, 6) is -1.54. The summed E-state index contributed by atoms with van der Waals surface area (Å²) in [5, 5.41) is 2.62. The molecule has 31 heavy (non-hydrogen) atoms. The van der Waals surface area contributed by atoms with Crippen molar-refractivity contribution in [3.05, 3.63) is 52.3 Å². The number of halogens is 2. The van der Waals surface area contributed by atoms with Gasteiger partial charge in [0.1, 0.15) is 0 Å². The van der Waals surface area contributed by atoms with E-state index in [0.29, 0.717) is 13.1 Å². The highest BCUT2D eigenvalue weighted by molar-refractivity contribution is 7.89. The zero-order valence-electron chi connectivity index (χ0n) is 16.7. The Morgan fingerprint density at radius 2 is 1.87 bits per heavy atom. The molecule has 2 aromatic rings. The van der Waals surface area contributed by atoms with Crippen LogP contribution in [0.3, 0.4) is 0 Å². The van der Waals surface area contributed by atoms with E-state index in [1.165, 1.54) is 35.6 Å². The molecule has 1 aliphatic heterocycles. The van der Waals surface area contributed by atoms with E-state index in [4.69, 9.17) is 27.9 Å². The van der Waals surface area contributed by atoms with Crippen LogP contribution in [-0.2, 0) is 19.6 Å². The minimum atomic E-state index is -3.76. The fourth-order valence-electron chi connectivity index (χ4n) is 3.07. The first kappa shape index (κ1) is 23.5. The molecule has 1 unspecified atom stereocenters. The van der Waals surface area contributed by atoms with E-state index in [1.807, 2.05) is 0 Å². The molecule has 166 valence electrons. The molecule has 1 atom stereocenters. The Morgan fingerprint density at radius 1 is 1.16 bits per heavy atom. The van der Waals surface area contributed by atoms with Gasteiger partial charge >= 0.3 is 5.97 Å². The normalized spacial score (nSPS) is 15.8. The first-order valence-electron chi connectivity index (χ1n) is 9.62. The molecular formula is C20H21Cl2N3O5S. The fraction of sp³-hybridized carbons (Fsp3) is 0.350. The molecule has 0 aliphatic carbocycles. The summed E-state index contributed by atoms with van der Waals surface area (Å²) in [6.45, 7) is 2.23. The lowest BCUT2D eigenvalue weighted by Gasteiger charge is -2.26. The smallest absolute Gasteiger partial charge is 0.340 e. The predicted molar refractivity (Wildman–Crippen MR) is 117 cm³/mol. The third-order valence-electron chi connectivity index (χ3n) is 4.78. The summed E-state index contributed by atoms with van der Waals surface area (Å²) in [6, 6.07) is 7.00. The van der Waals surface area contributed by atoms with E-state index in [-0.39, 0.29) is 26.3 Å². The molecule has 1 N–H and O–H groups in total. The van der Waals surface area contributed by atoms with Gasteiger partial charge < -0.3 is 10.1 Å². The number of piperidine rings is 1. The first-order chi connectivity index (χ1) is 14.7. The third-order valence-corrected chi connectivity index (χ3v) is 7.31. The molecule has 8 nitrogen and oxygen atoms in total. The molecule has 0 saturated carbocycles. The predicted octanol–water partition coefficient (Wildman–Crippen LogP) is 3.75. The SMILES string of the molecule is CC(OC(=O)c1cc(S(=O)(=O)N2CCCCC2)ccc1Cl)C(=O)Nc1cccnc1Cl. The highest BCUT2D eigenvalue weighted by atomic mass is 35.5. The Labute approximate surface area is 190 Å². The van der Waals surface area contributed by atoms with E-state index >= 15 is 0 Å². The van der Waals surface area contributed by atoms with E-state index in [9.17, 15) is 18.0 Å². The number of hydrogen-bond acceptors (Lipinski definition) is 6. The number of anilines is 1. The van der Waals surface area contributed by atoms with Crippen molar-refractivity contribution >= 4 is 50.8 Å². The topological polar surface area (TPSA) is 106 Å². The minimum absolute atomic E-state index is 0.0190. The number of esters is 1. The lowest BCUT2D eigenvalue weighted by Crippen LogP contribution is -2.35. The first-order valence-corrected chi connectivity index (χ1v) is 11.8. The van der Waals surface area contributed by atoms with Gasteiger partial charge in [-0.05, 0) is 50.1 Å². The standard InChI is InChI=1S/C20H21Cl2N3O5S/c1-13(19(26)24-17-6-5-9-23-18(17)22)30-20(27)15-12-14(7-8-16(15)21)31(28,29)25-10-3-2-4-11-25/h5-9,12-13H,2-4,10-11H2,1H3,(H,24,26). The van der Waals surface area contributed by atoms with Gasteiger partial charge in [0.25, 0.3) is 5.91 Å². The number of rotatable bonds is 6. The van der Waals surface area contributed by atoms with Crippen LogP contribution in [0.25, 0.3) is 0 Å². The van der Waals surface area contributed by atoms with Gasteiger partial charge in [-0.1, -0.05) is 29.6 Å². The molecule has 11 heteroatoms. The van der Waals surface area contributed by atoms with Gasteiger partial charge in [0.2, 0.25) is 10.0 Å². The van der Waals surface area contributed by atoms with Crippen molar-refractivity contribution in [1.29, 1.82) is 0 Å². The lowest BCUT2D eigenvalue weighted by molar-refractivity contribution is -0.123. The molecule has 0 bridgehead atoms. The Hall–Kier alpha value is -2.20. The zero-order valence-corrected chi connectivity index (χ0v) is 19.0. The number of nitrogens with one attached hydrogen (secondary N) is 1. The summed E-state index contributed by atoms with van der Waals surface area (Å²) in [6.07, 6.45) is 2.83. The van der Waals surface area contributed by atoms with E-state index < -0.39 is 28.0 Å². The monoisotopic (exact) mass is 485 g/mol. The number of hydrogen-bond donors (Lipinski definition) is 1. The maximum Gasteiger partial charge on any atom is 0.340 e. The number of pyridine rings is 1. The Balaban J connectivity index is 1.74. The van der Waals surface area contributed by atoms with Crippen LogP contribution in [0, 0.1) is 0 Å². The van der Waals surface area contributed by atoms with Crippen LogP contribution in [0.5, 0.6) is 0 Å². The molecule has 3 rings (SSSR count). The van der Waals surface area contributed by atoms with Crippen LogP contribution < -0.4 is 5.32 Å². The van der Waals surface area contributed by atoms with Crippen LogP contribution in [-0.4, -0.2) is 48.8 Å². The Kier molecular flexibility index (Phi) is 7.53. The Bertz CT molecular complexity index is 1090. The maximum absolute atomic E-state index is 12.9. The third kappa shape index (κ3) is 5.54. The number of benzene rings is 1. The summed E-state index contributed by atoms with van der Waals surface area (Å²) >= 11 is 12.0. The highest BCUT2D eigenvalue weighted by Gasteiger charge is 2.28. The summed E-state index contributed by atoms with van der Waals surface area (Å²) in [4.78, 5) is 28.8. The van der Waals surface area contributed by atoms with Gasteiger partial charge in [0, 0.05) is 19.3 Å². The highest BCUT2D eigenvalue weighted by Crippen LogP contribution is 2.26. The van der Waals surface area contributed by atoms with Crippen molar-refractivity contribution in [3.8, 4) is 0 Å². The van der Waals surface area contributed by atoms with Gasteiger partial charge in [-0.25, -0.2) is 18.2 Å². The number of carbonyl (C=O) groups is 2. The van der Waals surface area contributed by atoms with Gasteiger partial charge in [-0.2, -0.15) is 4.31 Å². The van der Waals surface area contributed by atoms with E-state index in [0.717, 1.165) is 19.3 Å². The number of aromatic nitrogens is 1. The molecule has 0 radical (unpaired) electrons. The minimum Gasteiger partial charge on any atom is -0.449 e. The van der Waals surface area contributed by atoms with E-state index in [2.05, 4.69) is 10.3 Å². The van der Waals surface area contributed by atoms with Gasteiger partial charge in [-0.3, -0.25) is 4.79 Å². The number of ether oxygens (including phenoxy) is 1. The van der Waals surface area contributed by atoms with Crippen LogP contribution in [0.15, 0.2) is 41.4 Å². The molecular weight excluding hydrogens is 465 g/mol. The average molecular weight is 486 g/mol. The van der Waals surface area contributed by atoms with Crippen molar-refractivity contribution in [3.63, 3.8) is 0 Å². The van der Waals surface area contributed by atoms with Crippen molar-refractivity contribution in [2.45, 2.75) is 37.2 Å².